The van der Waals surface area contributed by atoms with Crippen molar-refractivity contribution in [3.05, 3.63) is 40.9 Å². The lowest BCUT2D eigenvalue weighted by Crippen LogP contribution is -2.44. The molecule has 0 radical (unpaired) electrons. The van der Waals surface area contributed by atoms with Gasteiger partial charge in [0.2, 0.25) is 15.9 Å². The third-order valence-electron chi connectivity index (χ3n) is 6.00. The predicted octanol–water partition coefficient (Wildman–Crippen LogP) is 3.42. The van der Waals surface area contributed by atoms with Gasteiger partial charge in [0.15, 0.2) is 6.10 Å². The second-order valence-corrected chi connectivity index (χ2v) is 10.7. The summed E-state index contributed by atoms with van der Waals surface area (Å²) in [4.78, 5) is 24.9. The summed E-state index contributed by atoms with van der Waals surface area (Å²) in [5, 5.41) is 5.90. The number of methoxy groups -OCH3 is 1. The molecule has 1 fully saturated rings. The van der Waals surface area contributed by atoms with Gasteiger partial charge < -0.3 is 20.1 Å². The van der Waals surface area contributed by atoms with Gasteiger partial charge in [-0.15, -0.1) is 0 Å². The number of ether oxygens (including phenoxy) is 2. The summed E-state index contributed by atoms with van der Waals surface area (Å²) >= 11 is 6.13. The third-order valence-corrected chi connectivity index (χ3v) is 8.30. The van der Waals surface area contributed by atoms with Gasteiger partial charge in [-0.1, -0.05) is 11.6 Å². The molecule has 2 aliphatic heterocycles. The minimum absolute atomic E-state index is 0.0581. The van der Waals surface area contributed by atoms with Crippen molar-refractivity contribution in [2.24, 2.45) is 5.92 Å². The van der Waals surface area contributed by atoms with Crippen LogP contribution in [-0.2, 0) is 19.6 Å². The Labute approximate surface area is 203 Å². The van der Waals surface area contributed by atoms with Crippen LogP contribution in [0.25, 0.3) is 0 Å². The van der Waals surface area contributed by atoms with E-state index in [9.17, 15) is 18.0 Å². The average molecular weight is 508 g/mol. The maximum atomic E-state index is 13.5. The molecule has 2 aromatic carbocycles. The maximum absolute atomic E-state index is 13.5. The minimum Gasteiger partial charge on any atom is -0.495 e. The first-order valence-electron chi connectivity index (χ1n) is 10.9. The highest BCUT2D eigenvalue weighted by Gasteiger charge is 2.35. The second kappa shape index (κ2) is 9.44. The van der Waals surface area contributed by atoms with Crippen LogP contribution in [0, 0.1) is 12.8 Å². The molecular formula is C23H26ClN3O6S. The number of amides is 2. The van der Waals surface area contributed by atoms with E-state index in [4.69, 9.17) is 21.1 Å². The zero-order valence-corrected chi connectivity index (χ0v) is 20.6. The first-order valence-corrected chi connectivity index (χ1v) is 12.7. The molecule has 0 saturated carbocycles. The zero-order chi connectivity index (χ0) is 24.6. The van der Waals surface area contributed by atoms with E-state index < -0.39 is 22.0 Å². The van der Waals surface area contributed by atoms with E-state index in [0.29, 0.717) is 52.8 Å². The SMILES string of the molecule is COc1ccc(NC(=O)[C@@H]2CCCN(S(=O)(=O)c3cc4c(cc3C)NC(=O)[C@H](C)O4)C2)cc1Cl. The van der Waals surface area contributed by atoms with Gasteiger partial charge in [0.1, 0.15) is 11.5 Å². The third kappa shape index (κ3) is 4.70. The summed E-state index contributed by atoms with van der Waals surface area (Å²) in [6.07, 6.45) is 0.395. The Morgan fingerprint density at radius 2 is 2.06 bits per heavy atom. The Kier molecular flexibility index (Phi) is 6.75. The second-order valence-electron chi connectivity index (χ2n) is 8.40. The molecule has 9 nitrogen and oxygen atoms in total. The van der Waals surface area contributed by atoms with Crippen LogP contribution in [0.1, 0.15) is 25.3 Å². The largest absolute Gasteiger partial charge is 0.495 e. The van der Waals surface area contributed by atoms with Crippen LogP contribution in [0.15, 0.2) is 35.2 Å². The summed E-state index contributed by atoms with van der Waals surface area (Å²) < 4.78 is 39.1. The summed E-state index contributed by atoms with van der Waals surface area (Å²) in [6.45, 7) is 3.63. The van der Waals surface area contributed by atoms with E-state index in [2.05, 4.69) is 10.6 Å². The van der Waals surface area contributed by atoms with Gasteiger partial charge in [0.05, 0.1) is 28.6 Å². The molecule has 34 heavy (non-hydrogen) atoms. The number of rotatable bonds is 5. The highest BCUT2D eigenvalue weighted by atomic mass is 35.5. The van der Waals surface area contributed by atoms with Gasteiger partial charge in [0, 0.05) is 24.8 Å². The van der Waals surface area contributed by atoms with Gasteiger partial charge in [-0.3, -0.25) is 9.59 Å². The predicted molar refractivity (Wildman–Crippen MR) is 128 cm³/mol. The lowest BCUT2D eigenvalue weighted by atomic mass is 9.98. The van der Waals surface area contributed by atoms with Crippen molar-refractivity contribution in [3.8, 4) is 11.5 Å². The monoisotopic (exact) mass is 507 g/mol. The Hall–Kier alpha value is -2.82. The standard InChI is InChI=1S/C23H26ClN3O6S/c1-13-9-18-20(33-14(2)22(28)26-18)11-21(13)34(30,31)27-8-4-5-15(12-27)23(29)25-16-6-7-19(32-3)17(24)10-16/h6-7,9-11,14-15H,4-5,8,12H2,1-3H3,(H,25,29)(H,26,28)/t14-,15+/m0/s1. The first kappa shape index (κ1) is 24.3. The molecule has 182 valence electrons. The molecule has 0 spiro atoms. The van der Waals surface area contributed by atoms with Crippen LogP contribution >= 0.6 is 11.6 Å². The lowest BCUT2D eigenvalue weighted by molar-refractivity contribution is -0.123. The number of anilines is 2. The molecular weight excluding hydrogens is 482 g/mol. The van der Waals surface area contributed by atoms with Gasteiger partial charge in [0.25, 0.3) is 5.91 Å². The Balaban J connectivity index is 1.52. The number of benzene rings is 2. The number of fused-ring (bicyclic) bond motifs is 1. The molecule has 0 aromatic heterocycles. The maximum Gasteiger partial charge on any atom is 0.265 e. The number of piperidine rings is 1. The van der Waals surface area contributed by atoms with Crippen molar-refractivity contribution in [1.82, 2.24) is 4.31 Å². The van der Waals surface area contributed by atoms with Crippen LogP contribution in [0.5, 0.6) is 11.5 Å². The van der Waals surface area contributed by atoms with Crippen LogP contribution in [0.4, 0.5) is 11.4 Å². The topological polar surface area (TPSA) is 114 Å². The smallest absolute Gasteiger partial charge is 0.265 e. The number of hydrogen-bond acceptors (Lipinski definition) is 6. The first-order chi connectivity index (χ1) is 16.1. The van der Waals surface area contributed by atoms with Crippen LogP contribution in [-0.4, -0.2) is 50.8 Å². The van der Waals surface area contributed by atoms with Crippen molar-refractivity contribution in [2.45, 2.75) is 37.7 Å². The van der Waals surface area contributed by atoms with E-state index in [-0.39, 0.29) is 23.3 Å². The van der Waals surface area contributed by atoms with Crippen molar-refractivity contribution in [2.75, 3.05) is 30.8 Å². The molecule has 4 rings (SSSR count). The number of sulfonamides is 1. The Bertz CT molecular complexity index is 1250. The van der Waals surface area contributed by atoms with Gasteiger partial charge in [-0.2, -0.15) is 4.31 Å². The van der Waals surface area contributed by atoms with E-state index in [1.807, 2.05) is 0 Å². The zero-order valence-electron chi connectivity index (χ0n) is 19.1. The van der Waals surface area contributed by atoms with Gasteiger partial charge in [-0.25, -0.2) is 8.42 Å². The fraction of sp³-hybridized carbons (Fsp3) is 0.391. The number of nitrogens with one attached hydrogen (secondary N) is 2. The number of nitrogens with zero attached hydrogens (tertiary/aromatic N) is 1. The van der Waals surface area contributed by atoms with Crippen LogP contribution < -0.4 is 20.1 Å². The molecule has 0 bridgehead atoms. The molecule has 2 aromatic rings. The highest BCUT2D eigenvalue weighted by molar-refractivity contribution is 7.89. The fourth-order valence-electron chi connectivity index (χ4n) is 4.12. The number of hydrogen-bond donors (Lipinski definition) is 2. The van der Waals surface area contributed by atoms with Crippen molar-refractivity contribution in [1.29, 1.82) is 0 Å². The molecule has 2 amide bonds. The fourth-order valence-corrected chi connectivity index (χ4v) is 6.13. The van der Waals surface area contributed by atoms with Crippen molar-refractivity contribution < 1.29 is 27.5 Å². The minimum atomic E-state index is -3.89. The van der Waals surface area contributed by atoms with Crippen LogP contribution in [0.2, 0.25) is 5.02 Å². The van der Waals surface area contributed by atoms with E-state index in [1.54, 1.807) is 38.1 Å². The summed E-state index contributed by atoms with van der Waals surface area (Å²) in [5.41, 5.74) is 1.43. The molecule has 11 heteroatoms. The van der Waals surface area contributed by atoms with E-state index >= 15 is 0 Å². The molecule has 2 heterocycles. The Morgan fingerprint density at radius 1 is 1.29 bits per heavy atom. The van der Waals surface area contributed by atoms with Gasteiger partial charge in [-0.05, 0) is 56.5 Å². The molecule has 0 aliphatic carbocycles. The molecule has 1 saturated heterocycles. The molecule has 2 aliphatic rings. The van der Waals surface area contributed by atoms with Gasteiger partial charge >= 0.3 is 0 Å². The normalized spacial score (nSPS) is 20.6. The molecule has 2 atom stereocenters. The summed E-state index contributed by atoms with van der Waals surface area (Å²) in [5.74, 6) is -0.279. The Morgan fingerprint density at radius 3 is 2.76 bits per heavy atom. The van der Waals surface area contributed by atoms with Crippen molar-refractivity contribution in [3.63, 3.8) is 0 Å². The summed E-state index contributed by atoms with van der Waals surface area (Å²) in [7, 11) is -2.39. The molecule has 0 unspecified atom stereocenters. The van der Waals surface area contributed by atoms with Crippen molar-refractivity contribution >= 4 is 44.8 Å². The number of carbonyl (C=O) groups excluding carboxylic acids is 2. The van der Waals surface area contributed by atoms with E-state index in [0.717, 1.165) is 0 Å². The lowest BCUT2D eigenvalue weighted by Gasteiger charge is -2.32. The number of carbonyl (C=O) groups is 2. The van der Waals surface area contributed by atoms with Crippen LogP contribution in [0.3, 0.4) is 0 Å². The quantitative estimate of drug-likeness (QED) is 0.641. The number of aryl methyl sites for hydroxylation is 1. The highest BCUT2D eigenvalue weighted by Crippen LogP contribution is 2.36. The molecule has 2 N–H and O–H groups in total. The summed E-state index contributed by atoms with van der Waals surface area (Å²) in [6, 6.07) is 7.95. The average Bonchev–Trinajstić information content (AvgIpc) is 2.80. The van der Waals surface area contributed by atoms with E-state index in [1.165, 1.54) is 17.5 Å². The number of halogens is 1.